The molecule has 2 aromatic carbocycles. The summed E-state index contributed by atoms with van der Waals surface area (Å²) in [6, 6.07) is 20.4. The molecule has 0 saturated carbocycles. The number of hydrogen-bond donors (Lipinski definition) is 1. The molecule has 0 saturated heterocycles. The van der Waals surface area contributed by atoms with Crippen LogP contribution in [0, 0.1) is 22.7 Å². The highest BCUT2D eigenvalue weighted by Crippen LogP contribution is 2.11. The summed E-state index contributed by atoms with van der Waals surface area (Å²) in [5.74, 6) is 0.715. The fourth-order valence-corrected chi connectivity index (χ4v) is 1.94. The Kier molecular flexibility index (Phi) is 7.77. The molecule has 1 N–H and O–H groups in total. The van der Waals surface area contributed by atoms with Crippen molar-refractivity contribution < 1.29 is 9.57 Å². The van der Waals surface area contributed by atoms with Crippen molar-refractivity contribution >= 4 is 12.6 Å². The second-order valence-electron chi connectivity index (χ2n) is 5.10. The summed E-state index contributed by atoms with van der Waals surface area (Å²) in [6.45, 7) is 0.333. The molecule has 0 unspecified atom stereocenters. The largest absolute Gasteiger partial charge is 0.497 e. The van der Waals surface area contributed by atoms with Gasteiger partial charge < -0.3 is 4.74 Å². The van der Waals surface area contributed by atoms with E-state index >= 15 is 0 Å². The van der Waals surface area contributed by atoms with E-state index in [9.17, 15) is 10.5 Å². The highest BCUT2D eigenvalue weighted by atomic mass is 16.6. The lowest BCUT2D eigenvalue weighted by Crippen LogP contribution is -2.11. The van der Waals surface area contributed by atoms with Gasteiger partial charge >= 0.3 is 0 Å². The molecule has 0 amide bonds. The second-order valence-corrected chi connectivity index (χ2v) is 5.10. The fourth-order valence-electron chi connectivity index (χ4n) is 1.94. The number of methoxy groups -OCH3 is 1. The predicted molar refractivity (Wildman–Crippen MR) is 102 cm³/mol. The minimum absolute atomic E-state index is 0.102. The van der Waals surface area contributed by atoms with Crippen LogP contribution in [0.3, 0.4) is 0 Å². The molecule has 7 nitrogen and oxygen atoms in total. The summed E-state index contributed by atoms with van der Waals surface area (Å²) in [4.78, 5) is 13.1. The maximum atomic E-state index is 9.22. The third-order valence-electron chi connectivity index (χ3n) is 3.31. The number of nitrogens with one attached hydrogen (secondary N) is 1. The van der Waals surface area contributed by atoms with Crippen LogP contribution in [-0.2, 0) is 11.4 Å². The zero-order valence-corrected chi connectivity index (χ0v) is 14.7. The normalized spacial score (nSPS) is 11.7. The van der Waals surface area contributed by atoms with Gasteiger partial charge in [0.25, 0.3) is 0 Å². The number of benzene rings is 2. The third kappa shape index (κ3) is 6.46. The predicted octanol–water partition coefficient (Wildman–Crippen LogP) is 3.12. The quantitative estimate of drug-likeness (QED) is 0.256. The first-order valence-corrected chi connectivity index (χ1v) is 7.93. The molecule has 0 radical (unpaired) electrons. The SMILES string of the molecule is COc1ccc(C=N/C(C#N)=C(/C#N)N=CNOCc2ccccc2)cc1. The number of hydrogen-bond acceptors (Lipinski definition) is 6. The standard InChI is InChI=1S/C20H17N5O2/c1-26-18-9-7-16(8-10-18)13-23-19(11-21)20(12-22)24-15-25-27-14-17-5-3-2-4-6-17/h2-10,13,15H,14H2,1H3,(H,24,25)/b20-19-,23-13?. The van der Waals surface area contributed by atoms with Crippen molar-refractivity contribution in [1.29, 1.82) is 10.5 Å². The molecule has 0 heterocycles. The Hall–Kier alpha value is -3.94. The van der Waals surface area contributed by atoms with Crippen molar-refractivity contribution in [3.63, 3.8) is 0 Å². The Morgan fingerprint density at radius 3 is 2.30 bits per heavy atom. The van der Waals surface area contributed by atoms with Gasteiger partial charge in [-0.05, 0) is 35.4 Å². The van der Waals surface area contributed by atoms with Crippen LogP contribution in [0.4, 0.5) is 0 Å². The number of aliphatic imine (C=N–C) groups is 2. The van der Waals surface area contributed by atoms with Crippen LogP contribution in [0.2, 0.25) is 0 Å². The van der Waals surface area contributed by atoms with Gasteiger partial charge in [-0.2, -0.15) is 10.5 Å². The fraction of sp³-hybridized carbons (Fsp3) is 0.100. The molecule has 0 aliphatic carbocycles. The van der Waals surface area contributed by atoms with E-state index in [0.717, 1.165) is 11.1 Å². The van der Waals surface area contributed by atoms with Gasteiger partial charge in [-0.25, -0.2) is 9.98 Å². The van der Waals surface area contributed by atoms with Crippen molar-refractivity contribution in [3.05, 3.63) is 77.1 Å². The Balaban J connectivity index is 1.97. The molecule has 134 valence electrons. The average molecular weight is 359 g/mol. The van der Waals surface area contributed by atoms with E-state index in [1.54, 1.807) is 31.4 Å². The number of nitriles is 2. The number of allylic oxidation sites excluding steroid dienone is 2. The Morgan fingerprint density at radius 2 is 1.67 bits per heavy atom. The third-order valence-corrected chi connectivity index (χ3v) is 3.31. The Labute approximate surface area is 157 Å². The smallest absolute Gasteiger partial charge is 0.178 e. The van der Waals surface area contributed by atoms with Crippen molar-refractivity contribution in [3.8, 4) is 17.9 Å². The van der Waals surface area contributed by atoms with Gasteiger partial charge in [-0.15, -0.1) is 0 Å². The Morgan fingerprint density at radius 1 is 1.00 bits per heavy atom. The van der Waals surface area contributed by atoms with Crippen molar-refractivity contribution in [2.45, 2.75) is 6.61 Å². The number of ether oxygens (including phenoxy) is 1. The molecule has 0 spiro atoms. The van der Waals surface area contributed by atoms with E-state index in [2.05, 4.69) is 15.5 Å². The van der Waals surface area contributed by atoms with Gasteiger partial charge in [0, 0.05) is 6.21 Å². The van der Waals surface area contributed by atoms with Gasteiger partial charge in [0.1, 0.15) is 24.2 Å². The molecule has 0 atom stereocenters. The molecule has 0 aliphatic rings. The van der Waals surface area contributed by atoms with Gasteiger partial charge in [0.05, 0.1) is 13.7 Å². The van der Waals surface area contributed by atoms with Gasteiger partial charge in [0.2, 0.25) is 0 Å². The highest BCUT2D eigenvalue weighted by molar-refractivity contribution is 5.81. The molecular weight excluding hydrogens is 342 g/mol. The maximum absolute atomic E-state index is 9.22. The van der Waals surface area contributed by atoms with E-state index in [-0.39, 0.29) is 11.4 Å². The zero-order chi connectivity index (χ0) is 19.3. The highest BCUT2D eigenvalue weighted by Gasteiger charge is 2.02. The summed E-state index contributed by atoms with van der Waals surface area (Å²) < 4.78 is 5.08. The lowest BCUT2D eigenvalue weighted by atomic mass is 10.2. The van der Waals surface area contributed by atoms with Gasteiger partial charge in [-0.1, -0.05) is 30.3 Å². The van der Waals surface area contributed by atoms with E-state index in [1.807, 2.05) is 42.5 Å². The molecule has 0 fully saturated rings. The average Bonchev–Trinajstić information content (AvgIpc) is 2.73. The van der Waals surface area contributed by atoms with Crippen LogP contribution in [-0.4, -0.2) is 19.7 Å². The summed E-state index contributed by atoms with van der Waals surface area (Å²) in [7, 11) is 1.58. The van der Waals surface area contributed by atoms with Crippen molar-refractivity contribution in [2.24, 2.45) is 9.98 Å². The minimum Gasteiger partial charge on any atom is -0.497 e. The molecule has 2 rings (SSSR count). The first-order chi connectivity index (χ1) is 13.3. The summed E-state index contributed by atoms with van der Waals surface area (Å²) in [5, 5.41) is 18.4. The maximum Gasteiger partial charge on any atom is 0.178 e. The topological polar surface area (TPSA) is 103 Å². The summed E-state index contributed by atoms with van der Waals surface area (Å²) in [5.41, 5.74) is 4.02. The number of hydroxylamine groups is 1. The monoisotopic (exact) mass is 359 g/mol. The first kappa shape index (κ1) is 19.4. The van der Waals surface area contributed by atoms with Crippen molar-refractivity contribution in [1.82, 2.24) is 5.48 Å². The molecule has 0 bridgehead atoms. The minimum atomic E-state index is -0.127. The zero-order valence-electron chi connectivity index (χ0n) is 14.7. The van der Waals surface area contributed by atoms with Crippen LogP contribution >= 0.6 is 0 Å². The van der Waals surface area contributed by atoms with E-state index in [4.69, 9.17) is 9.57 Å². The molecule has 0 aliphatic heterocycles. The van der Waals surface area contributed by atoms with Crippen LogP contribution in [0.1, 0.15) is 11.1 Å². The second kappa shape index (κ2) is 10.8. The van der Waals surface area contributed by atoms with E-state index in [1.165, 1.54) is 12.6 Å². The van der Waals surface area contributed by atoms with E-state index in [0.29, 0.717) is 12.4 Å². The lowest BCUT2D eigenvalue weighted by Gasteiger charge is -2.01. The molecule has 27 heavy (non-hydrogen) atoms. The lowest BCUT2D eigenvalue weighted by molar-refractivity contribution is 0.0745. The van der Waals surface area contributed by atoms with Gasteiger partial charge in [-0.3, -0.25) is 10.3 Å². The molecule has 0 aromatic heterocycles. The molecule has 7 heteroatoms. The van der Waals surface area contributed by atoms with E-state index < -0.39 is 0 Å². The van der Waals surface area contributed by atoms with Gasteiger partial charge in [0.15, 0.2) is 11.4 Å². The number of nitrogens with zero attached hydrogens (tertiary/aromatic N) is 4. The van der Waals surface area contributed by atoms with Crippen LogP contribution < -0.4 is 10.2 Å². The van der Waals surface area contributed by atoms with Crippen molar-refractivity contribution in [2.75, 3.05) is 7.11 Å². The van der Waals surface area contributed by atoms with Crippen LogP contribution in [0.5, 0.6) is 5.75 Å². The molecule has 2 aromatic rings. The molecular formula is C20H17N5O2. The van der Waals surface area contributed by atoms with Crippen LogP contribution in [0.25, 0.3) is 0 Å². The van der Waals surface area contributed by atoms with Crippen LogP contribution in [0.15, 0.2) is 76.0 Å². The summed E-state index contributed by atoms with van der Waals surface area (Å²) in [6.07, 6.45) is 2.67. The number of rotatable bonds is 8. The Bertz CT molecular complexity index is 904. The summed E-state index contributed by atoms with van der Waals surface area (Å²) >= 11 is 0. The first-order valence-electron chi connectivity index (χ1n) is 7.93.